The molecule has 0 radical (unpaired) electrons. The number of ether oxygens (including phenoxy) is 3. The van der Waals surface area contributed by atoms with Crippen LogP contribution in [0.2, 0.25) is 0 Å². The van der Waals surface area contributed by atoms with E-state index in [0.717, 1.165) is 16.8 Å². The summed E-state index contributed by atoms with van der Waals surface area (Å²) in [6, 6.07) is 26.1. The van der Waals surface area contributed by atoms with E-state index in [9.17, 15) is 9.59 Å². The molecule has 272 valence electrons. The van der Waals surface area contributed by atoms with Gasteiger partial charge in [0.15, 0.2) is 0 Å². The Morgan fingerprint density at radius 2 is 1.51 bits per heavy atom. The fraction of sp³-hybridized carbons (Fsp3) is 0.350. The van der Waals surface area contributed by atoms with Gasteiger partial charge in [-0.1, -0.05) is 47.9 Å². The highest BCUT2D eigenvalue weighted by atomic mass is 16.6. The summed E-state index contributed by atoms with van der Waals surface area (Å²) in [5, 5.41) is 26.2. The van der Waals surface area contributed by atoms with E-state index in [4.69, 9.17) is 31.3 Å². The van der Waals surface area contributed by atoms with Crippen LogP contribution in [-0.4, -0.2) is 54.8 Å². The number of imidazole rings is 1. The fourth-order valence-electron chi connectivity index (χ4n) is 5.65. The highest BCUT2D eigenvalue weighted by Crippen LogP contribution is 2.38. The number of aromatic amines is 1. The number of nitrogens with zero attached hydrogens (tertiary/aromatic N) is 7. The van der Waals surface area contributed by atoms with Gasteiger partial charge in [0.1, 0.15) is 37.3 Å². The maximum Gasteiger partial charge on any atom is 0.342 e. The lowest BCUT2D eigenvalue weighted by Gasteiger charge is -2.34. The quantitative estimate of drug-likeness (QED) is 0.0487. The van der Waals surface area contributed by atoms with Gasteiger partial charge in [0.2, 0.25) is 0 Å². The second kappa shape index (κ2) is 18.1. The Morgan fingerprint density at radius 3 is 2.08 bits per heavy atom. The monoisotopic (exact) mass is 714 g/mol. The molecule has 0 saturated carbocycles. The molecule has 0 aliphatic rings. The first-order valence-corrected chi connectivity index (χ1v) is 17.2. The average Bonchev–Trinajstić information content (AvgIpc) is 3.60. The Labute approximate surface area is 309 Å². The molecule has 1 aromatic heterocycles. The molecule has 4 aromatic rings. The minimum Gasteiger partial charge on any atom is -0.490 e. The maximum absolute atomic E-state index is 13.3. The first kappa shape index (κ1) is 39.3. The average molecular weight is 715 g/mol. The molecule has 0 saturated heterocycles. The van der Waals surface area contributed by atoms with Crippen LogP contribution in [0.5, 0.6) is 5.75 Å². The number of nitriles is 2. The molecule has 0 aliphatic heterocycles. The molecule has 13 heteroatoms. The van der Waals surface area contributed by atoms with Crippen LogP contribution >= 0.6 is 0 Å². The lowest BCUT2D eigenvalue weighted by molar-refractivity contribution is -0.163. The van der Waals surface area contributed by atoms with E-state index >= 15 is 0 Å². The van der Waals surface area contributed by atoms with Crippen molar-refractivity contribution in [3.05, 3.63) is 95.5 Å². The molecule has 4 rings (SSSR count). The van der Waals surface area contributed by atoms with Crippen LogP contribution in [0.15, 0.2) is 83.0 Å². The van der Waals surface area contributed by atoms with Crippen molar-refractivity contribution in [3.8, 4) is 29.0 Å². The Bertz CT molecular complexity index is 1990. The summed E-state index contributed by atoms with van der Waals surface area (Å²) < 4.78 is 17.1. The zero-order valence-corrected chi connectivity index (χ0v) is 30.5. The summed E-state index contributed by atoms with van der Waals surface area (Å²) in [6.45, 7) is 17.8. The summed E-state index contributed by atoms with van der Waals surface area (Å²) in [5.74, 6) is -0.145. The Hall–Kier alpha value is -6.52. The minimum atomic E-state index is -0.946. The molecule has 13 nitrogen and oxygen atoms in total. The summed E-state index contributed by atoms with van der Waals surface area (Å²) in [4.78, 5) is 38.3. The molecule has 1 heterocycles. The number of nitrogens with one attached hydrogen (secondary N) is 1. The van der Waals surface area contributed by atoms with E-state index in [0.29, 0.717) is 36.5 Å². The van der Waals surface area contributed by atoms with E-state index in [1.54, 1.807) is 45.0 Å². The number of carbonyl (C=O) groups excluding carboxylic acids is 2. The van der Waals surface area contributed by atoms with Crippen LogP contribution in [0, 0.1) is 40.1 Å². The molecule has 1 atom stereocenters. The fourth-order valence-corrected chi connectivity index (χ4v) is 5.65. The first-order valence-electron chi connectivity index (χ1n) is 17.2. The first-order chi connectivity index (χ1) is 25.4. The summed E-state index contributed by atoms with van der Waals surface area (Å²) in [5.41, 5.74) is 2.21. The number of H-pyrrole nitrogens is 1. The smallest absolute Gasteiger partial charge is 0.342 e. The molecule has 1 unspecified atom stereocenters. The lowest BCUT2D eigenvalue weighted by Crippen LogP contribution is -2.39. The number of carbonyl (C=O) groups is 2. The zero-order chi connectivity index (χ0) is 38.4. The van der Waals surface area contributed by atoms with Gasteiger partial charge >= 0.3 is 23.7 Å². The van der Waals surface area contributed by atoms with Crippen LogP contribution in [-0.2, 0) is 19.1 Å². The van der Waals surface area contributed by atoms with Gasteiger partial charge in [-0.15, -0.1) is 5.11 Å². The van der Waals surface area contributed by atoms with Crippen molar-refractivity contribution in [2.75, 3.05) is 37.8 Å². The maximum atomic E-state index is 13.3. The second-order valence-corrected chi connectivity index (χ2v) is 13.1. The molecule has 1 N–H and O–H groups in total. The lowest BCUT2D eigenvalue weighted by atomic mass is 9.72. The van der Waals surface area contributed by atoms with Crippen LogP contribution < -0.4 is 9.64 Å². The van der Waals surface area contributed by atoms with Gasteiger partial charge in [0, 0.05) is 12.2 Å². The van der Waals surface area contributed by atoms with Crippen LogP contribution in [0.25, 0.3) is 16.0 Å². The van der Waals surface area contributed by atoms with Crippen molar-refractivity contribution < 1.29 is 23.8 Å². The molecule has 0 amide bonds. The zero-order valence-electron chi connectivity index (χ0n) is 30.5. The van der Waals surface area contributed by atoms with Crippen LogP contribution in [0.1, 0.15) is 58.7 Å². The summed E-state index contributed by atoms with van der Waals surface area (Å²) in [6.07, 6.45) is 0.720. The van der Waals surface area contributed by atoms with E-state index in [2.05, 4.69) is 31.1 Å². The van der Waals surface area contributed by atoms with Gasteiger partial charge in [-0.25, -0.2) is 0 Å². The third-order valence-corrected chi connectivity index (χ3v) is 8.79. The van der Waals surface area contributed by atoms with Crippen molar-refractivity contribution in [2.45, 2.75) is 47.5 Å². The summed E-state index contributed by atoms with van der Waals surface area (Å²) in [7, 11) is 0. The van der Waals surface area contributed by atoms with Crippen molar-refractivity contribution in [1.29, 1.82) is 10.5 Å². The highest BCUT2D eigenvalue weighted by Gasteiger charge is 2.43. The van der Waals surface area contributed by atoms with Gasteiger partial charge in [-0.2, -0.15) is 10.5 Å². The van der Waals surface area contributed by atoms with Gasteiger partial charge in [-0.05, 0) is 100 Å². The number of aromatic nitrogens is 2. The van der Waals surface area contributed by atoms with Gasteiger partial charge in [-0.3, -0.25) is 9.59 Å². The number of hydrogen-bond acceptors (Lipinski definition) is 11. The van der Waals surface area contributed by atoms with Crippen LogP contribution in [0.4, 0.5) is 23.1 Å². The number of likely N-dealkylation sites (N-methyl/N-ethyl adjacent to an activating group) is 1. The molecular weight excluding hydrogens is 672 g/mol. The molecule has 0 aliphatic carbocycles. The largest absolute Gasteiger partial charge is 0.490 e. The molecule has 3 aromatic carbocycles. The third-order valence-electron chi connectivity index (χ3n) is 8.79. The SMILES string of the molecule is [C-]#[N+]c1nc(/N=N/c2ccc(N(CC)CCOC(=O)C(C)(C)CC(C)(CC)C(=O)OCCOc3ccc(-c4ccc(C#N)cc4)cc3)cc2)[nH]c1C#N. The Morgan fingerprint density at radius 1 is 0.868 bits per heavy atom. The topological polar surface area (TPSA) is 170 Å². The summed E-state index contributed by atoms with van der Waals surface area (Å²) >= 11 is 0. The normalized spacial score (nSPS) is 12.2. The predicted octanol–water partition coefficient (Wildman–Crippen LogP) is 8.61. The van der Waals surface area contributed by atoms with Crippen molar-refractivity contribution in [1.82, 2.24) is 9.97 Å². The molecule has 0 fully saturated rings. The molecular formula is C40H42N8O5. The van der Waals surface area contributed by atoms with Gasteiger partial charge in [0.25, 0.3) is 0 Å². The van der Waals surface area contributed by atoms with Crippen molar-refractivity contribution in [3.63, 3.8) is 0 Å². The van der Waals surface area contributed by atoms with Crippen molar-refractivity contribution in [2.24, 2.45) is 21.1 Å². The number of anilines is 1. The Kier molecular flexibility index (Phi) is 13.4. The van der Waals surface area contributed by atoms with Gasteiger partial charge in [0.05, 0.1) is 34.7 Å². The van der Waals surface area contributed by atoms with E-state index in [-0.39, 0.29) is 43.7 Å². The third kappa shape index (κ3) is 10.5. The Balaban J connectivity index is 1.22. The number of hydrogen-bond donors (Lipinski definition) is 1. The van der Waals surface area contributed by atoms with Crippen molar-refractivity contribution >= 4 is 35.1 Å². The second-order valence-electron chi connectivity index (χ2n) is 13.1. The van der Waals surface area contributed by atoms with E-state index in [1.165, 1.54) is 0 Å². The minimum absolute atomic E-state index is 0.0350. The highest BCUT2D eigenvalue weighted by molar-refractivity contribution is 5.80. The van der Waals surface area contributed by atoms with E-state index < -0.39 is 22.8 Å². The number of rotatable bonds is 17. The van der Waals surface area contributed by atoms with Crippen LogP contribution in [0.3, 0.4) is 0 Å². The number of benzene rings is 3. The predicted molar refractivity (Wildman–Crippen MR) is 199 cm³/mol. The molecule has 0 spiro atoms. The van der Waals surface area contributed by atoms with E-state index in [1.807, 2.05) is 73.3 Å². The standard InChI is InChI=1S/C40H42N8O5/c1-7-40(5,37(50)53-24-23-51-33-19-13-30(14-20-33)29-11-9-28(25-41)10-12-29)27-39(3,4)36(49)52-22-21-48(8-2)32-17-15-31(16-18-32)46-47-38-44-34(26-42)35(43-6)45-38/h9-20H,7-8,21-24,27H2,1-5H3,(H,44,45)/b47-46+. The molecule has 53 heavy (non-hydrogen) atoms. The number of esters is 2. The van der Waals surface area contributed by atoms with Gasteiger partial charge < -0.3 is 28.9 Å². The number of azo groups is 1. The molecule has 0 bridgehead atoms.